The Morgan fingerprint density at radius 1 is 1.13 bits per heavy atom. The molecule has 2 unspecified atom stereocenters. The summed E-state index contributed by atoms with van der Waals surface area (Å²) in [6, 6.07) is 0.193. The van der Waals surface area contributed by atoms with E-state index in [1.54, 1.807) is 6.92 Å². The lowest BCUT2D eigenvalue weighted by atomic mass is 9.71. The van der Waals surface area contributed by atoms with Gasteiger partial charge in [0.15, 0.2) is 0 Å². The van der Waals surface area contributed by atoms with Crippen LogP contribution in [0.15, 0.2) is 0 Å². The molecule has 1 N–H and O–H groups in total. The molecule has 1 aromatic rings. The summed E-state index contributed by atoms with van der Waals surface area (Å²) < 4.78 is 15.3. The maximum atomic E-state index is 14.1. The van der Waals surface area contributed by atoms with Crippen molar-refractivity contribution in [2.75, 3.05) is 0 Å². The number of nitrogens with zero attached hydrogens (tertiary/aromatic N) is 2. The van der Waals surface area contributed by atoms with E-state index in [0.29, 0.717) is 11.6 Å². The van der Waals surface area contributed by atoms with E-state index in [0.717, 1.165) is 23.4 Å². The molecule has 128 valence electrons. The van der Waals surface area contributed by atoms with Gasteiger partial charge in [-0.05, 0) is 31.6 Å². The first-order valence-electron chi connectivity index (χ1n) is 9.08. The molecule has 2 saturated carbocycles. The highest BCUT2D eigenvalue weighted by Gasteiger charge is 2.34. The predicted molar refractivity (Wildman–Crippen MR) is 87.7 cm³/mol. The van der Waals surface area contributed by atoms with Crippen molar-refractivity contribution in [1.82, 2.24) is 15.1 Å². The average Bonchev–Trinajstić information content (AvgIpc) is 2.81. The van der Waals surface area contributed by atoms with Gasteiger partial charge in [-0.1, -0.05) is 44.9 Å². The summed E-state index contributed by atoms with van der Waals surface area (Å²) in [6.45, 7) is 1.69. The molecule has 0 aromatic carbocycles. The molecule has 1 amide bonds. The Hall–Kier alpha value is -1.39. The number of halogens is 1. The van der Waals surface area contributed by atoms with Crippen molar-refractivity contribution in [1.29, 1.82) is 0 Å². The van der Waals surface area contributed by atoms with Crippen molar-refractivity contribution < 1.29 is 9.18 Å². The molecule has 23 heavy (non-hydrogen) atoms. The summed E-state index contributed by atoms with van der Waals surface area (Å²) in [5.41, 5.74) is 0.577. The van der Waals surface area contributed by atoms with Crippen LogP contribution < -0.4 is 5.32 Å². The minimum Gasteiger partial charge on any atom is -0.349 e. The molecule has 0 saturated heterocycles. The zero-order chi connectivity index (χ0) is 16.4. The van der Waals surface area contributed by atoms with Crippen LogP contribution in [0.25, 0.3) is 0 Å². The first-order chi connectivity index (χ1) is 11.1. The minimum absolute atomic E-state index is 0.112. The van der Waals surface area contributed by atoms with Crippen LogP contribution >= 0.6 is 0 Å². The Balaban J connectivity index is 1.72. The van der Waals surface area contributed by atoms with Gasteiger partial charge in [0.1, 0.15) is 5.56 Å². The van der Waals surface area contributed by atoms with Gasteiger partial charge in [0.2, 0.25) is 5.95 Å². The fourth-order valence-electron chi connectivity index (χ4n) is 4.59. The van der Waals surface area contributed by atoms with E-state index >= 15 is 0 Å². The van der Waals surface area contributed by atoms with Crippen LogP contribution in [0, 0.1) is 24.7 Å². The molecule has 2 atom stereocenters. The third-order valence-electron chi connectivity index (χ3n) is 5.77. The lowest BCUT2D eigenvalue weighted by Crippen LogP contribution is -2.45. The van der Waals surface area contributed by atoms with Gasteiger partial charge < -0.3 is 5.32 Å². The van der Waals surface area contributed by atoms with Crippen LogP contribution in [0.5, 0.6) is 0 Å². The molecule has 0 bridgehead atoms. The number of carbonyl (C=O) groups excluding carboxylic acids is 1. The van der Waals surface area contributed by atoms with Gasteiger partial charge in [0.25, 0.3) is 5.91 Å². The Kier molecular flexibility index (Phi) is 5.02. The molecule has 3 rings (SSSR count). The lowest BCUT2D eigenvalue weighted by molar-refractivity contribution is 0.0854. The molecule has 0 aliphatic heterocycles. The Labute approximate surface area is 137 Å². The van der Waals surface area contributed by atoms with Crippen LogP contribution in [0.2, 0.25) is 0 Å². The zero-order valence-corrected chi connectivity index (χ0v) is 14.3. The van der Waals surface area contributed by atoms with Gasteiger partial charge in [-0.25, -0.2) is 4.68 Å². The number of nitrogens with one attached hydrogen (secondary N) is 1. The molecule has 4 nitrogen and oxygen atoms in total. The third-order valence-corrected chi connectivity index (χ3v) is 5.77. The number of rotatable bonds is 3. The number of aryl methyl sites for hydroxylation is 2. The van der Waals surface area contributed by atoms with E-state index in [-0.39, 0.29) is 17.5 Å². The molecule has 5 heteroatoms. The van der Waals surface area contributed by atoms with Crippen molar-refractivity contribution in [3.05, 3.63) is 17.2 Å². The molecule has 0 spiro atoms. The fraction of sp³-hybridized carbons (Fsp3) is 0.778. The molecular weight excluding hydrogens is 293 g/mol. The van der Waals surface area contributed by atoms with E-state index in [4.69, 9.17) is 0 Å². The molecule has 1 aromatic heterocycles. The first-order valence-corrected chi connectivity index (χ1v) is 9.08. The molecule has 2 fully saturated rings. The number of aromatic nitrogens is 2. The van der Waals surface area contributed by atoms with Gasteiger partial charge in [-0.15, -0.1) is 0 Å². The van der Waals surface area contributed by atoms with E-state index in [9.17, 15) is 9.18 Å². The normalized spacial score (nSPS) is 26.2. The molecule has 2 aliphatic carbocycles. The van der Waals surface area contributed by atoms with Crippen molar-refractivity contribution >= 4 is 5.91 Å². The van der Waals surface area contributed by atoms with Crippen LogP contribution in [-0.4, -0.2) is 21.7 Å². The molecule has 1 heterocycles. The second-order valence-corrected chi connectivity index (χ2v) is 7.30. The van der Waals surface area contributed by atoms with Gasteiger partial charge >= 0.3 is 0 Å². The first kappa shape index (κ1) is 16.5. The van der Waals surface area contributed by atoms with E-state index < -0.39 is 5.95 Å². The van der Waals surface area contributed by atoms with Gasteiger partial charge in [-0.3, -0.25) is 4.79 Å². The topological polar surface area (TPSA) is 46.9 Å². The van der Waals surface area contributed by atoms with Crippen molar-refractivity contribution in [3.8, 4) is 0 Å². The summed E-state index contributed by atoms with van der Waals surface area (Å²) in [7, 11) is 1.53. The fourth-order valence-corrected chi connectivity index (χ4v) is 4.59. The number of hydrogen-bond donors (Lipinski definition) is 1. The predicted octanol–water partition coefficient (Wildman–Crippen LogP) is 3.74. The Morgan fingerprint density at radius 2 is 1.78 bits per heavy atom. The number of amides is 1. The summed E-state index contributed by atoms with van der Waals surface area (Å²) in [5.74, 6) is 0.466. The third kappa shape index (κ3) is 3.43. The molecular formula is C18H28FN3O. The Morgan fingerprint density at radius 3 is 2.43 bits per heavy atom. The van der Waals surface area contributed by atoms with Gasteiger partial charge in [0, 0.05) is 13.1 Å². The standard InChI is InChI=1S/C18H28FN3O/c1-12-16(17(19)22(2)21-12)18(23)20-15-11-7-6-10-14(15)13-8-4-3-5-9-13/h13-15H,3-11H2,1-2H3,(H,20,23). The van der Waals surface area contributed by atoms with E-state index in [2.05, 4.69) is 10.4 Å². The van der Waals surface area contributed by atoms with Gasteiger partial charge in [0.05, 0.1) is 5.69 Å². The SMILES string of the molecule is Cc1nn(C)c(F)c1C(=O)NC1CCCCC1C1CCCCC1. The van der Waals surface area contributed by atoms with Crippen LogP contribution in [0.3, 0.4) is 0 Å². The molecule has 2 aliphatic rings. The number of carbonyl (C=O) groups is 1. The van der Waals surface area contributed by atoms with Crippen molar-refractivity contribution in [2.24, 2.45) is 18.9 Å². The van der Waals surface area contributed by atoms with Crippen LogP contribution in [0.1, 0.15) is 73.8 Å². The highest BCUT2D eigenvalue weighted by molar-refractivity contribution is 5.95. The smallest absolute Gasteiger partial charge is 0.258 e. The maximum Gasteiger partial charge on any atom is 0.258 e. The second-order valence-electron chi connectivity index (χ2n) is 7.30. The van der Waals surface area contributed by atoms with E-state index in [1.165, 1.54) is 52.0 Å². The summed E-state index contributed by atoms with van der Waals surface area (Å²) >= 11 is 0. The van der Waals surface area contributed by atoms with Crippen molar-refractivity contribution in [3.63, 3.8) is 0 Å². The summed E-state index contributed by atoms with van der Waals surface area (Å²) in [5, 5.41) is 7.16. The quantitative estimate of drug-likeness (QED) is 0.922. The second kappa shape index (κ2) is 7.02. The maximum absolute atomic E-state index is 14.1. The van der Waals surface area contributed by atoms with Crippen LogP contribution in [0.4, 0.5) is 4.39 Å². The summed E-state index contributed by atoms with van der Waals surface area (Å²) in [4.78, 5) is 12.6. The largest absolute Gasteiger partial charge is 0.349 e. The average molecular weight is 321 g/mol. The minimum atomic E-state index is -0.537. The number of hydrogen-bond acceptors (Lipinski definition) is 2. The monoisotopic (exact) mass is 321 g/mol. The van der Waals surface area contributed by atoms with E-state index in [1.807, 2.05) is 0 Å². The Bertz CT molecular complexity index is 563. The highest BCUT2D eigenvalue weighted by atomic mass is 19.1. The van der Waals surface area contributed by atoms with Gasteiger partial charge in [-0.2, -0.15) is 9.49 Å². The summed E-state index contributed by atoms with van der Waals surface area (Å²) in [6.07, 6.45) is 11.2. The van der Waals surface area contributed by atoms with Crippen molar-refractivity contribution in [2.45, 2.75) is 70.8 Å². The molecule has 0 radical (unpaired) electrons. The lowest BCUT2D eigenvalue weighted by Gasteiger charge is -2.39. The highest BCUT2D eigenvalue weighted by Crippen LogP contribution is 2.38. The zero-order valence-electron chi connectivity index (χ0n) is 14.3. The van der Waals surface area contributed by atoms with Crippen LogP contribution in [-0.2, 0) is 7.05 Å².